The van der Waals surface area contributed by atoms with Gasteiger partial charge in [0.1, 0.15) is 16.8 Å². The number of carbonyl (C=O) groups excluding carboxylic acids is 1. The highest BCUT2D eigenvalue weighted by molar-refractivity contribution is 6.11. The molecule has 0 bridgehead atoms. The molecule has 2 heterocycles. The third-order valence-corrected chi connectivity index (χ3v) is 5.95. The van der Waals surface area contributed by atoms with Crippen LogP contribution in [0.2, 0.25) is 0 Å². The fraction of sp³-hybridized carbons (Fsp3) is 0.0769. The molecule has 0 atom stereocenters. The lowest BCUT2D eigenvalue weighted by atomic mass is 10.0. The van der Waals surface area contributed by atoms with E-state index in [0.717, 1.165) is 16.3 Å². The number of para-hydroxylation sites is 2. The van der Waals surface area contributed by atoms with Crippen LogP contribution in [-0.2, 0) is 0 Å². The summed E-state index contributed by atoms with van der Waals surface area (Å²) in [5.74, 6) is -1.69. The van der Waals surface area contributed by atoms with Crippen molar-refractivity contribution in [2.45, 2.75) is 13.8 Å². The molecule has 0 saturated carbocycles. The van der Waals surface area contributed by atoms with E-state index in [1.54, 1.807) is 60.7 Å². The van der Waals surface area contributed by atoms with Gasteiger partial charge in [-0.3, -0.25) is 29.4 Å². The molecule has 0 saturated heterocycles. The van der Waals surface area contributed by atoms with E-state index in [1.807, 2.05) is 0 Å². The first-order valence-electron chi connectivity index (χ1n) is 10.9. The minimum absolute atomic E-state index is 0.228. The maximum Gasteiger partial charge on any atom is 0.281 e. The Morgan fingerprint density at radius 1 is 0.750 bits per heavy atom. The number of fused-ring (bicyclic) bond motifs is 2. The second-order valence-corrected chi connectivity index (χ2v) is 8.25. The molecule has 0 fully saturated rings. The first kappa shape index (κ1) is 22.7. The van der Waals surface area contributed by atoms with Gasteiger partial charge in [0, 0.05) is 0 Å². The van der Waals surface area contributed by atoms with Gasteiger partial charge in [-0.05, 0) is 38.1 Å². The smallest absolute Gasteiger partial charge is 0.281 e. The van der Waals surface area contributed by atoms with Gasteiger partial charge in [-0.2, -0.15) is 0 Å². The second kappa shape index (κ2) is 8.27. The lowest BCUT2D eigenvalue weighted by Gasteiger charge is -2.15. The van der Waals surface area contributed by atoms with Crippen LogP contribution < -0.4 is 21.8 Å². The van der Waals surface area contributed by atoms with E-state index < -0.39 is 39.4 Å². The average molecular weight is 484 g/mol. The zero-order valence-electron chi connectivity index (χ0n) is 19.2. The highest BCUT2D eigenvalue weighted by Gasteiger charge is 2.25. The average Bonchev–Trinajstić information content (AvgIpc) is 2.87. The predicted molar refractivity (Wildman–Crippen MR) is 135 cm³/mol. The molecule has 0 aliphatic heterocycles. The number of hydrogen-bond donors (Lipinski definition) is 4. The molecular formula is C26H20N4O6. The number of carbonyl (C=O) groups is 1. The van der Waals surface area contributed by atoms with E-state index in [1.165, 1.54) is 6.92 Å². The molecule has 0 aliphatic carbocycles. The summed E-state index contributed by atoms with van der Waals surface area (Å²) in [6.07, 6.45) is 0. The first-order chi connectivity index (χ1) is 17.2. The Kier molecular flexibility index (Phi) is 5.21. The highest BCUT2D eigenvalue weighted by Crippen LogP contribution is 2.28. The number of ketones is 1. The summed E-state index contributed by atoms with van der Waals surface area (Å²) in [7, 11) is 0. The summed E-state index contributed by atoms with van der Waals surface area (Å²) in [5, 5.41) is 26.3. The minimum atomic E-state index is -0.802. The van der Waals surface area contributed by atoms with Crippen molar-refractivity contribution in [3.63, 3.8) is 0 Å². The van der Waals surface area contributed by atoms with Crippen molar-refractivity contribution in [2.75, 3.05) is 0 Å². The molecule has 2 aromatic heterocycles. The zero-order valence-corrected chi connectivity index (χ0v) is 19.2. The van der Waals surface area contributed by atoms with Gasteiger partial charge in [-0.25, -0.2) is 9.36 Å². The lowest BCUT2D eigenvalue weighted by molar-refractivity contribution is 0.101. The van der Waals surface area contributed by atoms with Crippen LogP contribution in [0.4, 0.5) is 0 Å². The molecule has 10 nitrogen and oxygen atoms in total. The van der Waals surface area contributed by atoms with Crippen LogP contribution in [0.25, 0.3) is 38.9 Å². The molecule has 10 heteroatoms. The van der Waals surface area contributed by atoms with Crippen molar-refractivity contribution in [1.29, 1.82) is 0 Å². The van der Waals surface area contributed by atoms with Gasteiger partial charge in [0.15, 0.2) is 11.5 Å². The Morgan fingerprint density at radius 3 is 1.75 bits per heavy atom. The summed E-state index contributed by atoms with van der Waals surface area (Å²) < 4.78 is 2.08. The molecule has 4 N–H and O–H groups in total. The standard InChI is InChI=1S/C26H20N4O6/c1-13(31)17-19-21(27-29(25(17)35)15-9-5-3-6-10-15)24(34)20-18(14(2)32)26(36)30(28-22(20)23(19)33)16-11-7-4-8-12-16/h3-12,27-28,31,33H,1-2H3/b17-13-. The maximum atomic E-state index is 13.8. The number of aromatic amines is 2. The Bertz CT molecular complexity index is 1940. The molecular weight excluding hydrogens is 464 g/mol. The van der Waals surface area contributed by atoms with Crippen LogP contribution in [0.3, 0.4) is 0 Å². The molecule has 0 spiro atoms. The normalized spacial score (nSPS) is 12.2. The van der Waals surface area contributed by atoms with Crippen molar-refractivity contribution < 1.29 is 15.0 Å². The monoisotopic (exact) mass is 484 g/mol. The number of aromatic nitrogens is 4. The van der Waals surface area contributed by atoms with Crippen LogP contribution in [-0.4, -0.2) is 35.6 Å². The molecule has 3 aromatic carbocycles. The highest BCUT2D eigenvalue weighted by atomic mass is 16.3. The second-order valence-electron chi connectivity index (χ2n) is 8.25. The van der Waals surface area contributed by atoms with E-state index in [-0.39, 0.29) is 27.0 Å². The van der Waals surface area contributed by atoms with Crippen molar-refractivity contribution in [3.05, 3.63) is 102 Å². The maximum absolute atomic E-state index is 13.8. The Morgan fingerprint density at radius 2 is 1.25 bits per heavy atom. The van der Waals surface area contributed by atoms with Gasteiger partial charge < -0.3 is 10.2 Å². The number of rotatable bonds is 3. The molecule has 0 aliphatic rings. The minimum Gasteiger partial charge on any atom is -0.512 e. The van der Waals surface area contributed by atoms with Gasteiger partial charge in [0.2, 0.25) is 5.43 Å². The molecule has 0 amide bonds. The van der Waals surface area contributed by atoms with E-state index in [0.29, 0.717) is 11.4 Å². The molecule has 5 rings (SSSR count). The molecule has 180 valence electrons. The number of hydrogen-bond acceptors (Lipinski definition) is 6. The van der Waals surface area contributed by atoms with Crippen molar-refractivity contribution >= 4 is 33.3 Å². The quantitative estimate of drug-likeness (QED) is 0.228. The Balaban J connectivity index is 2.09. The number of phenols is 1. The van der Waals surface area contributed by atoms with E-state index in [9.17, 15) is 29.4 Å². The summed E-state index contributed by atoms with van der Waals surface area (Å²) >= 11 is 0. The van der Waals surface area contributed by atoms with Gasteiger partial charge >= 0.3 is 0 Å². The number of nitrogens with zero attached hydrogens (tertiary/aromatic N) is 2. The summed E-state index contributed by atoms with van der Waals surface area (Å²) in [5.41, 5.74) is -2.49. The van der Waals surface area contributed by atoms with E-state index in [2.05, 4.69) is 10.2 Å². The number of aromatic hydroxyl groups is 1. The number of Topliss-reactive ketones (excluding diaryl/α,β-unsaturated/α-hetero) is 1. The Hall–Kier alpha value is -5.12. The zero-order chi connectivity index (χ0) is 25.7. The molecule has 5 aromatic rings. The van der Waals surface area contributed by atoms with Crippen LogP contribution in [0.5, 0.6) is 5.75 Å². The van der Waals surface area contributed by atoms with Gasteiger partial charge in [-0.15, -0.1) is 0 Å². The number of aliphatic hydroxyl groups excluding tert-OH is 1. The fourth-order valence-electron chi connectivity index (χ4n) is 4.35. The van der Waals surface area contributed by atoms with E-state index >= 15 is 0 Å². The number of aliphatic hydroxyl groups is 1. The summed E-state index contributed by atoms with van der Waals surface area (Å²) in [4.78, 5) is 53.1. The number of nitrogens with one attached hydrogen (secondary N) is 2. The Labute approximate surface area is 201 Å². The third-order valence-electron chi connectivity index (χ3n) is 5.95. The van der Waals surface area contributed by atoms with Crippen LogP contribution >= 0.6 is 0 Å². The van der Waals surface area contributed by atoms with Crippen molar-refractivity contribution in [2.24, 2.45) is 0 Å². The van der Waals surface area contributed by atoms with Gasteiger partial charge in [-0.1, -0.05) is 36.4 Å². The van der Waals surface area contributed by atoms with Gasteiger partial charge in [0.05, 0.1) is 32.9 Å². The lowest BCUT2D eigenvalue weighted by Crippen LogP contribution is -2.39. The van der Waals surface area contributed by atoms with Crippen LogP contribution in [0, 0.1) is 0 Å². The first-order valence-corrected chi connectivity index (χ1v) is 10.9. The molecule has 36 heavy (non-hydrogen) atoms. The van der Waals surface area contributed by atoms with Crippen LogP contribution in [0.1, 0.15) is 24.2 Å². The molecule has 0 radical (unpaired) electrons. The van der Waals surface area contributed by atoms with E-state index in [4.69, 9.17) is 0 Å². The predicted octanol–water partition coefficient (Wildman–Crippen LogP) is 2.19. The van der Waals surface area contributed by atoms with Crippen molar-refractivity contribution in [3.8, 4) is 17.1 Å². The van der Waals surface area contributed by atoms with Crippen molar-refractivity contribution in [1.82, 2.24) is 19.6 Å². The SMILES string of the molecule is CC(=O)c1c(=O)n(-c2ccccc2)[nH]c2c(O)c3/c(=C(\C)O)c(=O)n(-c4ccccc4)[nH]c3c(=O)c12. The third kappa shape index (κ3) is 3.27. The topological polar surface area (TPSA) is 150 Å². The number of H-pyrrole nitrogens is 2. The largest absolute Gasteiger partial charge is 0.512 e. The summed E-state index contributed by atoms with van der Waals surface area (Å²) in [6, 6.07) is 16.6. The van der Waals surface area contributed by atoms with Gasteiger partial charge in [0.25, 0.3) is 11.1 Å². The number of phenolic OH excluding ortho intramolecular Hbond substituents is 1. The fourth-order valence-corrected chi connectivity index (χ4v) is 4.35. The molecule has 0 unspecified atom stereocenters. The number of benzene rings is 3. The van der Waals surface area contributed by atoms with Crippen LogP contribution in [0.15, 0.2) is 75.0 Å². The summed E-state index contributed by atoms with van der Waals surface area (Å²) in [6.45, 7) is 2.41.